The van der Waals surface area contributed by atoms with Gasteiger partial charge in [-0.1, -0.05) is 30.0 Å². The zero-order chi connectivity index (χ0) is 22.6. The summed E-state index contributed by atoms with van der Waals surface area (Å²) in [6.45, 7) is 2.19. The summed E-state index contributed by atoms with van der Waals surface area (Å²) in [5.41, 5.74) is 1.37. The summed E-state index contributed by atoms with van der Waals surface area (Å²) in [5, 5.41) is 8.50. The van der Waals surface area contributed by atoms with Crippen molar-refractivity contribution < 1.29 is 4.79 Å². The van der Waals surface area contributed by atoms with Crippen molar-refractivity contribution in [2.24, 2.45) is 23.2 Å². The molecule has 4 bridgehead atoms. The average Bonchev–Trinajstić information content (AvgIpc) is 3.22. The lowest BCUT2D eigenvalue weighted by Crippen LogP contribution is -2.56. The second-order valence-corrected chi connectivity index (χ2v) is 11.3. The monoisotopic (exact) mass is 463 g/mol. The molecular weight excluding hydrogens is 434 g/mol. The molecule has 0 saturated heterocycles. The first kappa shape index (κ1) is 21.0. The van der Waals surface area contributed by atoms with Crippen molar-refractivity contribution >= 4 is 28.7 Å². The molecule has 2 aromatic heterocycles. The van der Waals surface area contributed by atoms with Gasteiger partial charge in [0.05, 0.1) is 17.6 Å². The van der Waals surface area contributed by atoms with Gasteiger partial charge in [0, 0.05) is 6.04 Å². The lowest BCUT2D eigenvalue weighted by Gasteiger charge is -2.59. The maximum absolute atomic E-state index is 12.8. The Morgan fingerprint density at radius 3 is 2.52 bits per heavy atom. The minimum Gasteiger partial charge on any atom is -0.352 e. The van der Waals surface area contributed by atoms with Crippen LogP contribution in [0.2, 0.25) is 0 Å². The first-order valence-corrected chi connectivity index (χ1v) is 12.9. The highest BCUT2D eigenvalue weighted by Crippen LogP contribution is 2.61. The number of aromatic amines is 1. The van der Waals surface area contributed by atoms with Gasteiger partial charge in [0.2, 0.25) is 5.91 Å². The van der Waals surface area contributed by atoms with Crippen LogP contribution in [0, 0.1) is 23.2 Å². The van der Waals surface area contributed by atoms with Gasteiger partial charge in [-0.3, -0.25) is 9.59 Å². The third-order valence-electron chi connectivity index (χ3n) is 8.14. The van der Waals surface area contributed by atoms with Crippen LogP contribution in [-0.2, 0) is 4.79 Å². The van der Waals surface area contributed by atoms with Crippen LogP contribution in [0.5, 0.6) is 0 Å². The lowest BCUT2D eigenvalue weighted by molar-refractivity contribution is -0.123. The van der Waals surface area contributed by atoms with E-state index in [1.807, 2.05) is 30.3 Å². The summed E-state index contributed by atoms with van der Waals surface area (Å²) in [6.07, 6.45) is 9.53. The van der Waals surface area contributed by atoms with Gasteiger partial charge in [-0.2, -0.15) is 5.10 Å². The van der Waals surface area contributed by atoms with Crippen LogP contribution in [0.1, 0.15) is 45.4 Å². The summed E-state index contributed by atoms with van der Waals surface area (Å²) >= 11 is 1.26. The van der Waals surface area contributed by atoms with Crippen LogP contribution in [0.25, 0.3) is 16.7 Å². The highest BCUT2D eigenvalue weighted by atomic mass is 32.2. The van der Waals surface area contributed by atoms with Crippen LogP contribution < -0.4 is 10.9 Å². The van der Waals surface area contributed by atoms with E-state index in [2.05, 4.69) is 27.3 Å². The molecule has 4 fully saturated rings. The lowest BCUT2D eigenvalue weighted by atomic mass is 9.48. The predicted octanol–water partition coefficient (Wildman–Crippen LogP) is 3.92. The molecule has 7 rings (SSSR count). The molecule has 33 heavy (non-hydrogen) atoms. The number of nitrogens with one attached hydrogen (secondary N) is 2. The minimum atomic E-state index is -0.243. The fourth-order valence-electron chi connectivity index (χ4n) is 7.00. The molecule has 4 saturated carbocycles. The number of carbonyl (C=O) groups excluding carboxylic acids is 1. The van der Waals surface area contributed by atoms with Crippen LogP contribution in [0.15, 0.2) is 46.5 Å². The molecule has 4 aliphatic carbocycles. The minimum absolute atomic E-state index is 0.00237. The highest BCUT2D eigenvalue weighted by molar-refractivity contribution is 7.99. The van der Waals surface area contributed by atoms with Crippen molar-refractivity contribution in [2.45, 2.75) is 56.6 Å². The molecule has 1 atom stereocenters. The Morgan fingerprint density at radius 2 is 1.85 bits per heavy atom. The Bertz CT molecular complexity index is 1220. The number of amides is 1. The molecule has 1 amide bonds. The molecule has 4 aliphatic rings. The number of aromatic nitrogens is 4. The number of H-pyrrole nitrogens is 1. The molecule has 2 N–H and O–H groups in total. The van der Waals surface area contributed by atoms with Crippen LogP contribution in [0.4, 0.5) is 0 Å². The van der Waals surface area contributed by atoms with E-state index in [1.54, 1.807) is 4.68 Å². The quantitative estimate of drug-likeness (QED) is 0.427. The number of thioether (sulfide) groups is 1. The van der Waals surface area contributed by atoms with E-state index in [4.69, 9.17) is 0 Å². The van der Waals surface area contributed by atoms with Crippen LogP contribution >= 0.6 is 11.8 Å². The Kier molecular flexibility index (Phi) is 5.09. The normalized spacial score (nSPS) is 28.8. The van der Waals surface area contributed by atoms with E-state index in [1.165, 1.54) is 56.5 Å². The molecule has 8 heteroatoms. The van der Waals surface area contributed by atoms with Crippen molar-refractivity contribution in [3.8, 4) is 5.69 Å². The number of fused-ring (bicyclic) bond motifs is 1. The molecule has 172 valence electrons. The SMILES string of the molecule is C[C@@H](NC(=O)CSc1nc2c(cnn2-c2ccccc2)c(=O)[nH]1)C12CC3CC(CC(C3)C1)C2. The highest BCUT2D eigenvalue weighted by Gasteiger charge is 2.53. The van der Waals surface area contributed by atoms with E-state index in [9.17, 15) is 9.59 Å². The number of para-hydroxylation sites is 1. The van der Waals surface area contributed by atoms with E-state index < -0.39 is 0 Å². The predicted molar refractivity (Wildman–Crippen MR) is 128 cm³/mol. The Labute approximate surface area is 196 Å². The first-order chi connectivity index (χ1) is 16.0. The molecule has 3 aromatic rings. The smallest absolute Gasteiger partial charge is 0.262 e. The topological polar surface area (TPSA) is 92.7 Å². The molecular formula is C25H29N5O2S. The van der Waals surface area contributed by atoms with Crippen molar-refractivity contribution in [1.29, 1.82) is 0 Å². The number of hydrogen-bond acceptors (Lipinski definition) is 5. The first-order valence-electron chi connectivity index (χ1n) is 11.9. The summed E-state index contributed by atoms with van der Waals surface area (Å²) in [4.78, 5) is 32.8. The van der Waals surface area contributed by atoms with Gasteiger partial charge in [-0.05, 0) is 80.8 Å². The Hall–Kier alpha value is -2.61. The molecule has 0 radical (unpaired) electrons. The van der Waals surface area contributed by atoms with Gasteiger partial charge < -0.3 is 10.3 Å². The number of rotatable bonds is 6. The number of hydrogen-bond donors (Lipinski definition) is 2. The summed E-state index contributed by atoms with van der Waals surface area (Å²) in [5.74, 6) is 2.81. The Balaban J connectivity index is 1.15. The third-order valence-corrected chi connectivity index (χ3v) is 9.01. The third kappa shape index (κ3) is 3.78. The molecule has 0 aliphatic heterocycles. The zero-order valence-electron chi connectivity index (χ0n) is 18.8. The van der Waals surface area contributed by atoms with Crippen molar-refractivity contribution in [3.63, 3.8) is 0 Å². The molecule has 0 spiro atoms. The molecule has 2 heterocycles. The van der Waals surface area contributed by atoms with Gasteiger partial charge >= 0.3 is 0 Å². The maximum Gasteiger partial charge on any atom is 0.262 e. The summed E-state index contributed by atoms with van der Waals surface area (Å²) < 4.78 is 1.66. The Morgan fingerprint density at radius 1 is 1.18 bits per heavy atom. The van der Waals surface area contributed by atoms with E-state index in [0.717, 1.165) is 23.4 Å². The largest absolute Gasteiger partial charge is 0.352 e. The standard InChI is InChI=1S/C25H29N5O2S/c1-15(25-10-16-7-17(11-25)9-18(8-16)12-25)27-21(31)14-33-24-28-22-20(23(32)29-24)13-26-30(22)19-5-3-2-4-6-19/h2-6,13,15-18H,7-12,14H2,1H3,(H,27,31)(H,28,29,32)/t15-,16?,17?,18?,25?/m1/s1. The molecule has 1 aromatic carbocycles. The van der Waals surface area contributed by atoms with E-state index in [0.29, 0.717) is 16.2 Å². The van der Waals surface area contributed by atoms with Crippen LogP contribution in [0.3, 0.4) is 0 Å². The van der Waals surface area contributed by atoms with Crippen molar-refractivity contribution in [1.82, 2.24) is 25.1 Å². The number of nitrogens with zero attached hydrogens (tertiary/aromatic N) is 3. The fraction of sp³-hybridized carbons (Fsp3) is 0.520. The second kappa shape index (κ2) is 8.01. The van der Waals surface area contributed by atoms with Gasteiger partial charge in [-0.15, -0.1) is 0 Å². The van der Waals surface area contributed by atoms with Gasteiger partial charge in [0.15, 0.2) is 10.8 Å². The maximum atomic E-state index is 12.8. The number of benzene rings is 1. The molecule has 0 unspecified atom stereocenters. The zero-order valence-corrected chi connectivity index (χ0v) is 19.6. The average molecular weight is 464 g/mol. The second-order valence-electron chi connectivity index (χ2n) is 10.4. The number of carbonyl (C=O) groups is 1. The summed E-state index contributed by atoms with van der Waals surface area (Å²) in [6, 6.07) is 9.79. The van der Waals surface area contributed by atoms with E-state index in [-0.39, 0.29) is 28.7 Å². The van der Waals surface area contributed by atoms with E-state index >= 15 is 0 Å². The van der Waals surface area contributed by atoms with Gasteiger partial charge in [-0.25, -0.2) is 9.67 Å². The van der Waals surface area contributed by atoms with Gasteiger partial charge in [0.25, 0.3) is 5.56 Å². The van der Waals surface area contributed by atoms with Gasteiger partial charge in [0.1, 0.15) is 5.39 Å². The molecule has 7 nitrogen and oxygen atoms in total. The van der Waals surface area contributed by atoms with Crippen molar-refractivity contribution in [3.05, 3.63) is 46.9 Å². The fourth-order valence-corrected chi connectivity index (χ4v) is 7.67. The van der Waals surface area contributed by atoms with Crippen LogP contribution in [-0.4, -0.2) is 37.5 Å². The van der Waals surface area contributed by atoms with Crippen molar-refractivity contribution in [2.75, 3.05) is 5.75 Å². The summed E-state index contributed by atoms with van der Waals surface area (Å²) in [7, 11) is 0.